The van der Waals surface area contributed by atoms with Crippen molar-refractivity contribution in [3.05, 3.63) is 16.1 Å². The zero-order valence-electron chi connectivity index (χ0n) is 9.13. The van der Waals surface area contributed by atoms with Crippen molar-refractivity contribution in [2.75, 3.05) is 14.2 Å². The molecule has 1 aromatic heterocycles. The second kappa shape index (κ2) is 5.65. The fourth-order valence-electron chi connectivity index (χ4n) is 0.860. The molecule has 90 valence electrons. The van der Waals surface area contributed by atoms with Gasteiger partial charge in [-0.3, -0.25) is 18.4 Å². The number of nitrogens with zero attached hydrogens (tertiary/aromatic N) is 1. The summed E-state index contributed by atoms with van der Waals surface area (Å²) in [6, 6.07) is 0. The summed E-state index contributed by atoms with van der Waals surface area (Å²) in [7, 11) is -1.02. The molecule has 0 radical (unpaired) electrons. The number of ketones is 1. The van der Waals surface area contributed by atoms with Crippen LogP contribution in [0.4, 0.5) is 0 Å². The number of phosphoric ester groups is 1. The van der Waals surface area contributed by atoms with Crippen LogP contribution in [0.25, 0.3) is 0 Å². The number of aromatic nitrogens is 1. The highest BCUT2D eigenvalue weighted by Crippen LogP contribution is 2.48. The number of hydrogen-bond acceptors (Lipinski definition) is 7. The average molecular weight is 265 g/mol. The SMILES string of the molecule is COP(=O)(OC)OCc1csc(C(C)=O)n1. The molecule has 0 saturated carbocycles. The van der Waals surface area contributed by atoms with Crippen LogP contribution in [0.3, 0.4) is 0 Å². The maximum Gasteiger partial charge on any atom is 0.474 e. The first-order valence-corrected chi connectivity index (χ1v) is 6.66. The topological polar surface area (TPSA) is 74.7 Å². The summed E-state index contributed by atoms with van der Waals surface area (Å²) >= 11 is 1.21. The lowest BCUT2D eigenvalue weighted by Gasteiger charge is -2.11. The Morgan fingerprint density at radius 1 is 1.50 bits per heavy atom. The lowest BCUT2D eigenvalue weighted by Crippen LogP contribution is -1.97. The number of hydrogen-bond donors (Lipinski definition) is 0. The molecule has 1 heterocycles. The minimum absolute atomic E-state index is 0.0251. The highest BCUT2D eigenvalue weighted by molar-refractivity contribution is 7.48. The number of phosphoric acid groups is 1. The van der Waals surface area contributed by atoms with E-state index in [1.54, 1.807) is 5.38 Å². The molecule has 0 aliphatic heterocycles. The lowest BCUT2D eigenvalue weighted by atomic mass is 10.5. The average Bonchev–Trinajstić information content (AvgIpc) is 2.75. The van der Waals surface area contributed by atoms with E-state index in [0.717, 1.165) is 0 Å². The van der Waals surface area contributed by atoms with Crippen molar-refractivity contribution in [2.24, 2.45) is 0 Å². The third-order valence-electron chi connectivity index (χ3n) is 1.67. The van der Waals surface area contributed by atoms with Gasteiger partial charge < -0.3 is 0 Å². The van der Waals surface area contributed by atoms with Crippen LogP contribution >= 0.6 is 19.2 Å². The van der Waals surface area contributed by atoms with Crippen LogP contribution in [0.15, 0.2) is 5.38 Å². The van der Waals surface area contributed by atoms with Gasteiger partial charge in [-0.1, -0.05) is 0 Å². The molecule has 0 bridgehead atoms. The number of rotatable bonds is 6. The summed E-state index contributed by atoms with van der Waals surface area (Å²) in [6.07, 6.45) is 0. The van der Waals surface area contributed by atoms with E-state index in [4.69, 9.17) is 4.52 Å². The molecule has 1 aromatic rings. The molecule has 0 unspecified atom stereocenters. The van der Waals surface area contributed by atoms with Gasteiger partial charge in [0.05, 0.1) is 5.69 Å². The Balaban J connectivity index is 2.61. The van der Waals surface area contributed by atoms with Crippen LogP contribution in [0, 0.1) is 0 Å². The van der Waals surface area contributed by atoms with Crippen LogP contribution in [0.2, 0.25) is 0 Å². The van der Waals surface area contributed by atoms with Crippen molar-refractivity contribution in [2.45, 2.75) is 13.5 Å². The van der Waals surface area contributed by atoms with E-state index in [9.17, 15) is 9.36 Å². The Hall–Kier alpha value is -0.590. The quantitative estimate of drug-likeness (QED) is 0.580. The van der Waals surface area contributed by atoms with Gasteiger partial charge in [0.15, 0.2) is 10.8 Å². The largest absolute Gasteiger partial charge is 0.474 e. The summed E-state index contributed by atoms with van der Waals surface area (Å²) in [5, 5.41) is 2.05. The van der Waals surface area contributed by atoms with E-state index >= 15 is 0 Å². The van der Waals surface area contributed by atoms with Gasteiger partial charge in [-0.25, -0.2) is 9.55 Å². The Labute approximate surface area is 97.2 Å². The first-order chi connectivity index (χ1) is 7.50. The van der Waals surface area contributed by atoms with Gasteiger partial charge >= 0.3 is 7.82 Å². The number of carbonyl (C=O) groups is 1. The van der Waals surface area contributed by atoms with Crippen LogP contribution in [-0.4, -0.2) is 25.0 Å². The first-order valence-electron chi connectivity index (χ1n) is 4.32. The molecule has 0 amide bonds. The van der Waals surface area contributed by atoms with Crippen LogP contribution in [0.1, 0.15) is 22.4 Å². The standard InChI is InChI=1S/C8H12NO5PS/c1-6(10)8-9-7(5-16-8)4-14-15(11,12-2)13-3/h5H,4H2,1-3H3. The van der Waals surface area contributed by atoms with Gasteiger partial charge in [0.1, 0.15) is 6.61 Å². The predicted octanol–water partition coefficient (Wildman–Crippen LogP) is 2.26. The highest BCUT2D eigenvalue weighted by atomic mass is 32.1. The maximum atomic E-state index is 11.5. The maximum absolute atomic E-state index is 11.5. The van der Waals surface area contributed by atoms with Crippen LogP contribution < -0.4 is 0 Å². The van der Waals surface area contributed by atoms with Crippen molar-refractivity contribution in [3.63, 3.8) is 0 Å². The number of carbonyl (C=O) groups excluding carboxylic acids is 1. The second-order valence-corrected chi connectivity index (χ2v) is 5.53. The van der Waals surface area contributed by atoms with Gasteiger partial charge in [0.25, 0.3) is 0 Å². The molecule has 8 heteroatoms. The molecular weight excluding hydrogens is 253 g/mol. The van der Waals surface area contributed by atoms with Gasteiger partial charge in [-0.15, -0.1) is 11.3 Å². The molecule has 0 aromatic carbocycles. The van der Waals surface area contributed by atoms with Crippen molar-refractivity contribution >= 4 is 24.9 Å². The molecule has 16 heavy (non-hydrogen) atoms. The van der Waals surface area contributed by atoms with Crippen molar-refractivity contribution in [1.29, 1.82) is 0 Å². The molecule has 0 atom stereocenters. The van der Waals surface area contributed by atoms with E-state index in [2.05, 4.69) is 14.0 Å². The second-order valence-electron chi connectivity index (χ2n) is 2.79. The van der Waals surface area contributed by atoms with Gasteiger partial charge in [0.2, 0.25) is 0 Å². The van der Waals surface area contributed by atoms with E-state index in [-0.39, 0.29) is 12.4 Å². The minimum Gasteiger partial charge on any atom is -0.292 e. The van der Waals surface area contributed by atoms with Crippen molar-refractivity contribution in [3.8, 4) is 0 Å². The smallest absolute Gasteiger partial charge is 0.292 e. The molecule has 1 rings (SSSR count). The zero-order valence-corrected chi connectivity index (χ0v) is 10.8. The third kappa shape index (κ3) is 3.47. The summed E-state index contributed by atoms with van der Waals surface area (Å²) < 4.78 is 25.6. The Kier molecular flexibility index (Phi) is 4.76. The summed E-state index contributed by atoms with van der Waals surface area (Å²) in [4.78, 5) is 15.0. The molecule has 0 aliphatic rings. The molecule has 6 nitrogen and oxygen atoms in total. The molecule has 0 spiro atoms. The highest BCUT2D eigenvalue weighted by Gasteiger charge is 2.23. The number of Topliss-reactive ketones (excluding diaryl/α,β-unsaturated/α-hetero) is 1. The number of thiazole rings is 1. The first kappa shape index (κ1) is 13.5. The van der Waals surface area contributed by atoms with Gasteiger partial charge in [-0.2, -0.15) is 0 Å². The summed E-state index contributed by atoms with van der Waals surface area (Å²) in [5.74, 6) is -0.113. The monoisotopic (exact) mass is 265 g/mol. The fraction of sp³-hybridized carbons (Fsp3) is 0.500. The van der Waals surface area contributed by atoms with E-state index in [1.807, 2.05) is 0 Å². The van der Waals surface area contributed by atoms with Gasteiger partial charge in [-0.05, 0) is 0 Å². The lowest BCUT2D eigenvalue weighted by molar-refractivity contribution is 0.101. The van der Waals surface area contributed by atoms with E-state index in [0.29, 0.717) is 10.7 Å². The molecule has 0 fully saturated rings. The Morgan fingerprint density at radius 3 is 2.56 bits per heavy atom. The summed E-state index contributed by atoms with van der Waals surface area (Å²) in [6.45, 7) is 1.40. The molecule has 0 saturated heterocycles. The van der Waals surface area contributed by atoms with E-state index < -0.39 is 7.82 Å². The van der Waals surface area contributed by atoms with Crippen molar-refractivity contribution in [1.82, 2.24) is 4.98 Å². The normalized spacial score (nSPS) is 11.7. The van der Waals surface area contributed by atoms with Crippen LogP contribution in [0.5, 0.6) is 0 Å². The Morgan fingerprint density at radius 2 is 2.12 bits per heavy atom. The molecule has 0 aliphatic carbocycles. The minimum atomic E-state index is -3.48. The summed E-state index contributed by atoms with van der Waals surface area (Å²) in [5.41, 5.74) is 0.518. The third-order valence-corrected chi connectivity index (χ3v) is 4.00. The molecule has 0 N–H and O–H groups in total. The van der Waals surface area contributed by atoms with Gasteiger partial charge in [0, 0.05) is 26.5 Å². The Bertz CT molecular complexity index is 410. The predicted molar refractivity (Wildman–Crippen MR) is 58.5 cm³/mol. The van der Waals surface area contributed by atoms with E-state index in [1.165, 1.54) is 32.5 Å². The molecular formula is C8H12NO5PS. The van der Waals surface area contributed by atoms with Crippen LogP contribution in [-0.2, 0) is 24.7 Å². The fourth-order valence-corrected chi connectivity index (χ4v) is 2.21. The zero-order chi connectivity index (χ0) is 12.2. The van der Waals surface area contributed by atoms with Crippen molar-refractivity contribution < 1.29 is 22.9 Å².